The first-order valence-corrected chi connectivity index (χ1v) is 16.0. The number of anilines is 2. The van der Waals surface area contributed by atoms with Crippen molar-refractivity contribution >= 4 is 57.7 Å². The number of hydrogen-bond acceptors (Lipinski definition) is 7. The second-order valence-electron chi connectivity index (χ2n) is 9.57. The van der Waals surface area contributed by atoms with E-state index >= 15 is 0 Å². The van der Waals surface area contributed by atoms with E-state index in [0.717, 1.165) is 16.2 Å². The monoisotopic (exact) mass is 634 g/mol. The van der Waals surface area contributed by atoms with Crippen LogP contribution in [0.15, 0.2) is 125 Å². The fourth-order valence-corrected chi connectivity index (χ4v) is 5.63. The lowest BCUT2D eigenvalue weighted by Crippen LogP contribution is -2.30. The second kappa shape index (κ2) is 15.5. The number of carbonyl (C=O) groups is 3. The molecular formula is C35H30N4O4S2. The molecule has 1 heterocycles. The smallest absolute Gasteiger partial charge is 0.272 e. The largest absolute Gasteiger partial charge is 0.493 e. The van der Waals surface area contributed by atoms with Gasteiger partial charge in [-0.3, -0.25) is 14.4 Å². The van der Waals surface area contributed by atoms with Gasteiger partial charge in [0, 0.05) is 32.7 Å². The van der Waals surface area contributed by atoms with Crippen LogP contribution in [0.25, 0.3) is 17.3 Å². The minimum absolute atomic E-state index is 0.0590. The minimum atomic E-state index is -0.497. The van der Waals surface area contributed by atoms with Gasteiger partial charge in [-0.05, 0) is 55.5 Å². The topological polar surface area (TPSA) is 109 Å². The lowest BCUT2D eigenvalue weighted by atomic mass is 10.1. The molecule has 3 amide bonds. The number of hydrogen-bond donors (Lipinski definition) is 3. The number of ether oxygens (including phenoxy) is 1. The van der Waals surface area contributed by atoms with Gasteiger partial charge in [-0.1, -0.05) is 66.7 Å². The van der Waals surface area contributed by atoms with E-state index in [1.807, 2.05) is 79.0 Å². The van der Waals surface area contributed by atoms with E-state index in [9.17, 15) is 14.4 Å². The zero-order chi connectivity index (χ0) is 31.4. The summed E-state index contributed by atoms with van der Waals surface area (Å²) in [7, 11) is 0. The van der Waals surface area contributed by atoms with Crippen LogP contribution in [0.3, 0.4) is 0 Å². The Labute approximate surface area is 269 Å². The van der Waals surface area contributed by atoms with Crippen molar-refractivity contribution in [3.63, 3.8) is 0 Å². The lowest BCUT2D eigenvalue weighted by molar-refractivity contribution is -0.114. The zero-order valence-electron chi connectivity index (χ0n) is 24.4. The first-order chi connectivity index (χ1) is 22.0. The van der Waals surface area contributed by atoms with Crippen molar-refractivity contribution in [2.75, 3.05) is 23.0 Å². The van der Waals surface area contributed by atoms with Crippen LogP contribution in [0.1, 0.15) is 22.8 Å². The molecule has 5 aromatic rings. The Kier molecular flexibility index (Phi) is 10.8. The van der Waals surface area contributed by atoms with Crippen LogP contribution in [0.2, 0.25) is 0 Å². The molecule has 10 heteroatoms. The Bertz CT molecular complexity index is 1790. The Morgan fingerprint density at radius 2 is 1.53 bits per heavy atom. The summed E-state index contributed by atoms with van der Waals surface area (Å²) in [5.74, 6) is -0.281. The number of para-hydroxylation sites is 1. The van der Waals surface area contributed by atoms with Crippen molar-refractivity contribution in [2.24, 2.45) is 0 Å². The van der Waals surface area contributed by atoms with Crippen molar-refractivity contribution in [1.29, 1.82) is 0 Å². The molecule has 45 heavy (non-hydrogen) atoms. The van der Waals surface area contributed by atoms with Crippen LogP contribution in [0.4, 0.5) is 10.8 Å². The van der Waals surface area contributed by atoms with Gasteiger partial charge in [0.2, 0.25) is 5.91 Å². The van der Waals surface area contributed by atoms with Crippen LogP contribution < -0.4 is 20.7 Å². The molecule has 1 aromatic heterocycles. The van der Waals surface area contributed by atoms with Gasteiger partial charge in [0.1, 0.15) is 11.4 Å². The van der Waals surface area contributed by atoms with E-state index in [2.05, 4.69) is 20.9 Å². The van der Waals surface area contributed by atoms with Gasteiger partial charge in [0.25, 0.3) is 11.8 Å². The van der Waals surface area contributed by atoms with Crippen LogP contribution >= 0.6 is 23.1 Å². The molecule has 8 nitrogen and oxygen atoms in total. The third kappa shape index (κ3) is 8.91. The number of rotatable bonds is 12. The number of thioether (sulfide) groups is 1. The Morgan fingerprint density at radius 1 is 0.844 bits per heavy atom. The third-order valence-corrected chi connectivity index (χ3v) is 8.12. The predicted molar refractivity (Wildman–Crippen MR) is 181 cm³/mol. The summed E-state index contributed by atoms with van der Waals surface area (Å²) in [6.45, 7) is 2.33. The molecule has 226 valence electrons. The Hall–Kier alpha value is -5.19. The molecule has 0 fully saturated rings. The van der Waals surface area contributed by atoms with E-state index < -0.39 is 11.8 Å². The van der Waals surface area contributed by atoms with E-state index in [1.54, 1.807) is 48.5 Å². The minimum Gasteiger partial charge on any atom is -0.493 e. The van der Waals surface area contributed by atoms with Gasteiger partial charge >= 0.3 is 0 Å². The number of carbonyl (C=O) groups excluding carboxylic acids is 3. The van der Waals surface area contributed by atoms with Crippen molar-refractivity contribution in [3.8, 4) is 17.0 Å². The van der Waals surface area contributed by atoms with Crippen LogP contribution in [-0.4, -0.2) is 35.1 Å². The third-order valence-electron chi connectivity index (χ3n) is 6.35. The highest BCUT2D eigenvalue weighted by atomic mass is 32.2. The molecule has 0 radical (unpaired) electrons. The number of aromatic nitrogens is 1. The maximum absolute atomic E-state index is 13.4. The highest BCUT2D eigenvalue weighted by Crippen LogP contribution is 2.26. The van der Waals surface area contributed by atoms with E-state index in [-0.39, 0.29) is 17.4 Å². The quantitative estimate of drug-likeness (QED) is 0.0978. The van der Waals surface area contributed by atoms with Gasteiger partial charge in [-0.15, -0.1) is 23.1 Å². The normalized spacial score (nSPS) is 11.0. The molecule has 0 aliphatic rings. The van der Waals surface area contributed by atoms with E-state index in [0.29, 0.717) is 34.3 Å². The van der Waals surface area contributed by atoms with Gasteiger partial charge in [-0.2, -0.15) is 0 Å². The molecule has 0 aliphatic heterocycles. The number of nitrogens with zero attached hydrogens (tertiary/aromatic N) is 1. The first kappa shape index (κ1) is 31.2. The molecule has 0 saturated heterocycles. The molecule has 0 spiro atoms. The summed E-state index contributed by atoms with van der Waals surface area (Å²) in [4.78, 5) is 44.3. The molecule has 0 aliphatic carbocycles. The predicted octanol–water partition coefficient (Wildman–Crippen LogP) is 7.35. The zero-order valence-corrected chi connectivity index (χ0v) is 26.0. The summed E-state index contributed by atoms with van der Waals surface area (Å²) >= 11 is 2.75. The number of benzene rings is 4. The number of amides is 3. The highest BCUT2D eigenvalue weighted by molar-refractivity contribution is 8.00. The van der Waals surface area contributed by atoms with Gasteiger partial charge in [0.15, 0.2) is 5.13 Å². The first-order valence-electron chi connectivity index (χ1n) is 14.1. The average Bonchev–Trinajstić information content (AvgIpc) is 3.54. The maximum Gasteiger partial charge on any atom is 0.272 e. The Balaban J connectivity index is 1.21. The highest BCUT2D eigenvalue weighted by Gasteiger charge is 2.16. The summed E-state index contributed by atoms with van der Waals surface area (Å²) in [6, 6.07) is 32.9. The summed E-state index contributed by atoms with van der Waals surface area (Å²) in [6.07, 6.45) is 1.59. The maximum atomic E-state index is 13.4. The average molecular weight is 635 g/mol. The molecule has 0 unspecified atom stereocenters. The molecule has 0 saturated carbocycles. The molecule has 0 bridgehead atoms. The summed E-state index contributed by atoms with van der Waals surface area (Å²) in [5.41, 5.74) is 3.47. The van der Waals surface area contributed by atoms with Crippen molar-refractivity contribution < 1.29 is 19.1 Å². The molecule has 4 aromatic carbocycles. The fraction of sp³-hybridized carbons (Fsp3) is 0.0857. The van der Waals surface area contributed by atoms with Gasteiger partial charge < -0.3 is 20.7 Å². The van der Waals surface area contributed by atoms with Crippen LogP contribution in [0.5, 0.6) is 5.75 Å². The van der Waals surface area contributed by atoms with Crippen LogP contribution in [0, 0.1) is 0 Å². The van der Waals surface area contributed by atoms with E-state index in [1.165, 1.54) is 23.1 Å². The SMILES string of the molecule is CCOc1ccccc1/C=C(\NC(=O)c1ccccc1)C(=O)Nc1ccc(SCC(=O)Nc2nc(-c3ccccc3)cs2)cc1. The molecule has 0 atom stereocenters. The fourth-order valence-electron chi connectivity index (χ4n) is 4.19. The second-order valence-corrected chi connectivity index (χ2v) is 11.5. The van der Waals surface area contributed by atoms with Gasteiger partial charge in [-0.25, -0.2) is 4.98 Å². The van der Waals surface area contributed by atoms with E-state index in [4.69, 9.17) is 4.74 Å². The van der Waals surface area contributed by atoms with Crippen molar-refractivity contribution in [3.05, 3.63) is 131 Å². The van der Waals surface area contributed by atoms with Gasteiger partial charge in [0.05, 0.1) is 18.1 Å². The van der Waals surface area contributed by atoms with Crippen molar-refractivity contribution in [2.45, 2.75) is 11.8 Å². The van der Waals surface area contributed by atoms with Crippen LogP contribution in [-0.2, 0) is 9.59 Å². The van der Waals surface area contributed by atoms with Crippen molar-refractivity contribution in [1.82, 2.24) is 10.3 Å². The Morgan fingerprint density at radius 3 is 2.27 bits per heavy atom. The number of nitrogens with one attached hydrogen (secondary N) is 3. The standard InChI is InChI=1S/C35H30N4O4S2/c1-2-43-31-16-10-9-15-26(31)21-29(37-33(41)25-13-7-4-8-14-25)34(42)36-27-17-19-28(20-18-27)44-23-32(40)39-35-38-30(22-45-35)24-11-5-3-6-12-24/h3-22H,2,23H2,1H3,(H,36,42)(H,37,41)(H,38,39,40)/b29-21-. The lowest BCUT2D eigenvalue weighted by Gasteiger charge is -2.13. The summed E-state index contributed by atoms with van der Waals surface area (Å²) in [5, 5.41) is 10.9. The number of thiazole rings is 1. The molecule has 5 rings (SSSR count). The summed E-state index contributed by atoms with van der Waals surface area (Å²) < 4.78 is 5.71. The molecule has 3 N–H and O–H groups in total. The molecular weight excluding hydrogens is 605 g/mol.